The number of thiazole rings is 1. The second-order valence-electron chi connectivity index (χ2n) is 4.83. The summed E-state index contributed by atoms with van der Waals surface area (Å²) in [4.78, 5) is 16.7. The van der Waals surface area contributed by atoms with Gasteiger partial charge in [0, 0.05) is 12.3 Å². The van der Waals surface area contributed by atoms with Crippen LogP contribution in [0.3, 0.4) is 0 Å². The van der Waals surface area contributed by atoms with Crippen LogP contribution in [0.25, 0.3) is 11.5 Å². The molecular weight excluding hydrogens is 314 g/mol. The molecule has 118 valence electrons. The molecule has 3 rings (SSSR count). The molecule has 2 aromatic heterocycles. The van der Waals surface area contributed by atoms with Crippen molar-refractivity contribution in [3.8, 4) is 11.5 Å². The molecule has 0 N–H and O–H groups in total. The van der Waals surface area contributed by atoms with E-state index in [1.165, 1.54) is 0 Å². The standard InChI is InChI=1S/C16H15N3O3S/c1-3-14-17-11(9-23-14)8-21-16(20)13-7-5-4-6-12(13)15-19-18-10(2)22-15/h4-7,9H,3,8H2,1-2H3. The fraction of sp³-hybridized carbons (Fsp3) is 0.250. The number of rotatable bonds is 5. The zero-order valence-corrected chi connectivity index (χ0v) is 13.6. The summed E-state index contributed by atoms with van der Waals surface area (Å²) >= 11 is 1.56. The molecule has 1 aromatic carbocycles. The molecule has 0 fully saturated rings. The van der Waals surface area contributed by atoms with Crippen LogP contribution < -0.4 is 0 Å². The first-order chi connectivity index (χ1) is 11.2. The number of carbonyl (C=O) groups is 1. The lowest BCUT2D eigenvalue weighted by atomic mass is 10.1. The van der Waals surface area contributed by atoms with Crippen LogP contribution in [-0.2, 0) is 17.8 Å². The van der Waals surface area contributed by atoms with Crippen molar-refractivity contribution in [3.05, 3.63) is 51.8 Å². The first-order valence-electron chi connectivity index (χ1n) is 7.17. The third kappa shape index (κ3) is 3.45. The molecule has 0 unspecified atom stereocenters. The average molecular weight is 329 g/mol. The number of esters is 1. The van der Waals surface area contributed by atoms with Gasteiger partial charge in [0.15, 0.2) is 0 Å². The summed E-state index contributed by atoms with van der Waals surface area (Å²) in [5.74, 6) is 0.303. The summed E-state index contributed by atoms with van der Waals surface area (Å²) in [5, 5.41) is 10.7. The van der Waals surface area contributed by atoms with Crippen LogP contribution in [0.2, 0.25) is 0 Å². The van der Waals surface area contributed by atoms with Gasteiger partial charge in [-0.25, -0.2) is 9.78 Å². The molecule has 3 aromatic rings. The Balaban J connectivity index is 1.77. The lowest BCUT2D eigenvalue weighted by Crippen LogP contribution is -2.07. The molecule has 0 amide bonds. The number of carbonyl (C=O) groups excluding carboxylic acids is 1. The number of benzene rings is 1. The first-order valence-corrected chi connectivity index (χ1v) is 8.05. The Bertz CT molecular complexity index is 825. The molecule has 23 heavy (non-hydrogen) atoms. The van der Waals surface area contributed by atoms with E-state index in [1.54, 1.807) is 42.5 Å². The summed E-state index contributed by atoms with van der Waals surface area (Å²) in [6, 6.07) is 7.00. The van der Waals surface area contributed by atoms with Crippen molar-refractivity contribution in [3.63, 3.8) is 0 Å². The minimum Gasteiger partial charge on any atom is -0.456 e. The lowest BCUT2D eigenvalue weighted by Gasteiger charge is -2.06. The molecule has 0 bridgehead atoms. The van der Waals surface area contributed by atoms with Crippen molar-refractivity contribution in [2.45, 2.75) is 26.9 Å². The molecule has 0 atom stereocenters. The fourth-order valence-corrected chi connectivity index (χ4v) is 2.78. The Kier molecular flexibility index (Phi) is 4.47. The minimum absolute atomic E-state index is 0.145. The molecule has 2 heterocycles. The quantitative estimate of drug-likeness (QED) is 0.667. The zero-order chi connectivity index (χ0) is 16.2. The van der Waals surface area contributed by atoms with Crippen LogP contribution in [0.5, 0.6) is 0 Å². The number of ether oxygens (including phenoxy) is 1. The highest BCUT2D eigenvalue weighted by atomic mass is 32.1. The van der Waals surface area contributed by atoms with E-state index in [9.17, 15) is 4.79 Å². The van der Waals surface area contributed by atoms with Gasteiger partial charge in [0.05, 0.1) is 21.8 Å². The summed E-state index contributed by atoms with van der Waals surface area (Å²) in [7, 11) is 0. The predicted octanol–water partition coefficient (Wildman–Crippen LogP) is 3.42. The van der Waals surface area contributed by atoms with Crippen LogP contribution in [0.1, 0.15) is 33.9 Å². The van der Waals surface area contributed by atoms with Crippen molar-refractivity contribution < 1.29 is 13.9 Å². The molecule has 0 radical (unpaired) electrons. The molecule has 0 aliphatic rings. The molecule has 0 aliphatic carbocycles. The second kappa shape index (κ2) is 6.70. The summed E-state index contributed by atoms with van der Waals surface area (Å²) in [5.41, 5.74) is 1.71. The van der Waals surface area contributed by atoms with E-state index in [0.717, 1.165) is 17.1 Å². The summed E-state index contributed by atoms with van der Waals surface area (Å²) in [6.07, 6.45) is 0.873. The summed E-state index contributed by atoms with van der Waals surface area (Å²) < 4.78 is 10.8. The monoisotopic (exact) mass is 329 g/mol. The Hall–Kier alpha value is -2.54. The molecule has 0 saturated carbocycles. The number of aromatic nitrogens is 3. The SMILES string of the molecule is CCc1nc(COC(=O)c2ccccc2-c2nnc(C)o2)cs1. The van der Waals surface area contributed by atoms with Crippen molar-refractivity contribution in [1.29, 1.82) is 0 Å². The number of aryl methyl sites for hydroxylation is 2. The van der Waals surface area contributed by atoms with Crippen LogP contribution in [0.15, 0.2) is 34.1 Å². The third-order valence-corrected chi connectivity index (χ3v) is 4.20. The van der Waals surface area contributed by atoms with E-state index in [1.807, 2.05) is 12.3 Å². The molecular formula is C16H15N3O3S. The van der Waals surface area contributed by atoms with Gasteiger partial charge in [-0.05, 0) is 18.6 Å². The van der Waals surface area contributed by atoms with Crippen molar-refractivity contribution >= 4 is 17.3 Å². The average Bonchev–Trinajstić information content (AvgIpc) is 3.21. The van der Waals surface area contributed by atoms with Gasteiger partial charge >= 0.3 is 5.97 Å². The van der Waals surface area contributed by atoms with Crippen molar-refractivity contribution in [2.75, 3.05) is 0 Å². The van der Waals surface area contributed by atoms with Crippen LogP contribution in [0.4, 0.5) is 0 Å². The molecule has 6 nitrogen and oxygen atoms in total. The highest BCUT2D eigenvalue weighted by Crippen LogP contribution is 2.23. The summed E-state index contributed by atoms with van der Waals surface area (Å²) in [6.45, 7) is 3.88. The predicted molar refractivity (Wildman–Crippen MR) is 85.1 cm³/mol. The van der Waals surface area contributed by atoms with E-state index >= 15 is 0 Å². The Morgan fingerprint density at radius 3 is 2.83 bits per heavy atom. The highest BCUT2D eigenvalue weighted by molar-refractivity contribution is 7.09. The first kappa shape index (κ1) is 15.4. The molecule has 7 heteroatoms. The van der Waals surface area contributed by atoms with Gasteiger partial charge in [-0.2, -0.15) is 0 Å². The van der Waals surface area contributed by atoms with Gasteiger partial charge in [-0.1, -0.05) is 19.1 Å². The van der Waals surface area contributed by atoms with Crippen LogP contribution in [0, 0.1) is 6.92 Å². The topological polar surface area (TPSA) is 78.1 Å². The van der Waals surface area contributed by atoms with Crippen LogP contribution in [-0.4, -0.2) is 21.2 Å². The maximum Gasteiger partial charge on any atom is 0.339 e. The fourth-order valence-electron chi connectivity index (χ4n) is 2.05. The largest absolute Gasteiger partial charge is 0.456 e. The third-order valence-electron chi connectivity index (χ3n) is 3.16. The van der Waals surface area contributed by atoms with Crippen LogP contribution >= 0.6 is 11.3 Å². The Morgan fingerprint density at radius 2 is 2.13 bits per heavy atom. The van der Waals surface area contributed by atoms with Gasteiger partial charge in [-0.15, -0.1) is 21.5 Å². The maximum absolute atomic E-state index is 12.4. The van der Waals surface area contributed by atoms with Gasteiger partial charge in [0.2, 0.25) is 11.8 Å². The molecule has 0 aliphatic heterocycles. The van der Waals surface area contributed by atoms with E-state index in [4.69, 9.17) is 9.15 Å². The van der Waals surface area contributed by atoms with Gasteiger partial charge < -0.3 is 9.15 Å². The van der Waals surface area contributed by atoms with Crippen molar-refractivity contribution in [1.82, 2.24) is 15.2 Å². The normalized spacial score (nSPS) is 10.7. The minimum atomic E-state index is -0.442. The molecule has 0 saturated heterocycles. The second-order valence-corrected chi connectivity index (χ2v) is 5.78. The zero-order valence-electron chi connectivity index (χ0n) is 12.8. The Morgan fingerprint density at radius 1 is 1.30 bits per heavy atom. The van der Waals surface area contributed by atoms with Gasteiger partial charge in [-0.3, -0.25) is 0 Å². The van der Waals surface area contributed by atoms with E-state index in [0.29, 0.717) is 22.9 Å². The smallest absolute Gasteiger partial charge is 0.339 e. The number of hydrogen-bond donors (Lipinski definition) is 0. The number of hydrogen-bond acceptors (Lipinski definition) is 7. The lowest BCUT2D eigenvalue weighted by molar-refractivity contribution is 0.0469. The Labute approximate surface area is 137 Å². The number of nitrogens with zero attached hydrogens (tertiary/aromatic N) is 3. The van der Waals surface area contributed by atoms with Gasteiger partial charge in [0.25, 0.3) is 0 Å². The van der Waals surface area contributed by atoms with E-state index < -0.39 is 5.97 Å². The van der Waals surface area contributed by atoms with E-state index in [-0.39, 0.29) is 6.61 Å². The highest BCUT2D eigenvalue weighted by Gasteiger charge is 2.18. The maximum atomic E-state index is 12.4. The van der Waals surface area contributed by atoms with Crippen molar-refractivity contribution in [2.24, 2.45) is 0 Å². The van der Waals surface area contributed by atoms with Gasteiger partial charge in [0.1, 0.15) is 6.61 Å². The molecule has 0 spiro atoms. The van der Waals surface area contributed by atoms with E-state index in [2.05, 4.69) is 15.2 Å².